The van der Waals surface area contributed by atoms with Crippen molar-refractivity contribution in [2.75, 3.05) is 0 Å². The molecular weight excluding hydrogens is 270 g/mol. The summed E-state index contributed by atoms with van der Waals surface area (Å²) in [5, 5.41) is 13.0. The van der Waals surface area contributed by atoms with E-state index in [1.165, 1.54) is 11.8 Å². The third kappa shape index (κ3) is 2.75. The van der Waals surface area contributed by atoms with Gasteiger partial charge in [-0.2, -0.15) is 0 Å². The number of amidine groups is 1. The summed E-state index contributed by atoms with van der Waals surface area (Å²) in [5.74, 6) is -0.0148. The number of hydrogen-bond acceptors (Lipinski definition) is 4. The molecule has 0 saturated carbocycles. The van der Waals surface area contributed by atoms with Gasteiger partial charge in [-0.25, -0.2) is 4.98 Å². The number of nitrogens with zero attached hydrogens (tertiary/aromatic N) is 2. The van der Waals surface area contributed by atoms with Crippen LogP contribution in [-0.4, -0.2) is 16.0 Å². The van der Waals surface area contributed by atoms with E-state index in [2.05, 4.69) is 10.1 Å². The van der Waals surface area contributed by atoms with Gasteiger partial charge in [-0.15, -0.1) is 0 Å². The van der Waals surface area contributed by atoms with E-state index in [0.717, 1.165) is 9.92 Å². The van der Waals surface area contributed by atoms with Crippen LogP contribution in [0.1, 0.15) is 5.56 Å². The van der Waals surface area contributed by atoms with Crippen molar-refractivity contribution in [1.82, 2.24) is 4.98 Å². The third-order valence-corrected chi connectivity index (χ3v) is 3.52. The molecule has 0 aliphatic carbocycles. The summed E-state index contributed by atoms with van der Waals surface area (Å²) in [6.45, 7) is 0. The van der Waals surface area contributed by atoms with E-state index in [1.54, 1.807) is 12.3 Å². The van der Waals surface area contributed by atoms with E-state index in [1.807, 2.05) is 30.3 Å². The number of rotatable bonds is 3. The highest BCUT2D eigenvalue weighted by molar-refractivity contribution is 7.99. The SMILES string of the molecule is N/C(=N\O)c1c(Cl)cccc1Sc1ccccn1. The molecule has 0 radical (unpaired) electrons. The first-order chi connectivity index (χ1) is 8.72. The molecule has 0 spiro atoms. The number of hydrogen-bond donors (Lipinski definition) is 2. The average molecular weight is 280 g/mol. The van der Waals surface area contributed by atoms with Crippen LogP contribution in [0.25, 0.3) is 0 Å². The van der Waals surface area contributed by atoms with Gasteiger partial charge in [0.25, 0.3) is 0 Å². The van der Waals surface area contributed by atoms with Crippen molar-refractivity contribution in [1.29, 1.82) is 0 Å². The van der Waals surface area contributed by atoms with Gasteiger partial charge in [0.05, 0.1) is 10.6 Å². The highest BCUT2D eigenvalue weighted by atomic mass is 35.5. The van der Waals surface area contributed by atoms with E-state index < -0.39 is 0 Å². The molecule has 1 aromatic heterocycles. The van der Waals surface area contributed by atoms with Crippen LogP contribution in [0, 0.1) is 0 Å². The van der Waals surface area contributed by atoms with Crippen molar-refractivity contribution < 1.29 is 5.21 Å². The molecule has 18 heavy (non-hydrogen) atoms. The van der Waals surface area contributed by atoms with Crippen LogP contribution in [0.4, 0.5) is 0 Å². The van der Waals surface area contributed by atoms with Gasteiger partial charge >= 0.3 is 0 Å². The number of pyridine rings is 1. The Hall–Kier alpha value is -1.72. The van der Waals surface area contributed by atoms with Crippen LogP contribution in [0.2, 0.25) is 5.02 Å². The zero-order valence-electron chi connectivity index (χ0n) is 9.25. The van der Waals surface area contributed by atoms with Gasteiger partial charge in [0.15, 0.2) is 5.84 Å². The van der Waals surface area contributed by atoms with Gasteiger partial charge in [0, 0.05) is 11.1 Å². The van der Waals surface area contributed by atoms with Gasteiger partial charge in [-0.3, -0.25) is 0 Å². The lowest BCUT2D eigenvalue weighted by Gasteiger charge is -2.08. The van der Waals surface area contributed by atoms with Gasteiger partial charge in [0.2, 0.25) is 0 Å². The number of aromatic nitrogens is 1. The summed E-state index contributed by atoms with van der Waals surface area (Å²) in [7, 11) is 0. The molecule has 0 amide bonds. The quantitative estimate of drug-likeness (QED) is 0.392. The molecule has 2 rings (SSSR count). The Morgan fingerprint density at radius 3 is 2.78 bits per heavy atom. The van der Waals surface area contributed by atoms with Crippen LogP contribution < -0.4 is 5.73 Å². The molecule has 0 aliphatic heterocycles. The Balaban J connectivity index is 2.42. The topological polar surface area (TPSA) is 71.5 Å². The summed E-state index contributed by atoms with van der Waals surface area (Å²) >= 11 is 7.47. The van der Waals surface area contributed by atoms with E-state index in [4.69, 9.17) is 22.5 Å². The van der Waals surface area contributed by atoms with Crippen LogP contribution >= 0.6 is 23.4 Å². The first-order valence-electron chi connectivity index (χ1n) is 5.07. The number of nitrogens with two attached hydrogens (primary N) is 1. The second-order valence-electron chi connectivity index (χ2n) is 3.37. The molecule has 6 heteroatoms. The second kappa shape index (κ2) is 5.75. The maximum absolute atomic E-state index is 8.78. The molecule has 2 aromatic rings. The molecular formula is C12H10ClN3OS. The minimum Gasteiger partial charge on any atom is -0.409 e. The van der Waals surface area contributed by atoms with Crippen molar-refractivity contribution >= 4 is 29.2 Å². The van der Waals surface area contributed by atoms with E-state index in [-0.39, 0.29) is 5.84 Å². The molecule has 0 aliphatic rings. The molecule has 0 bridgehead atoms. The lowest BCUT2D eigenvalue weighted by molar-refractivity contribution is 0.318. The lowest BCUT2D eigenvalue weighted by Crippen LogP contribution is -2.14. The van der Waals surface area contributed by atoms with Gasteiger partial charge in [0.1, 0.15) is 5.03 Å². The lowest BCUT2D eigenvalue weighted by atomic mass is 10.2. The first-order valence-corrected chi connectivity index (χ1v) is 6.27. The number of oxime groups is 1. The van der Waals surface area contributed by atoms with Crippen molar-refractivity contribution in [3.05, 3.63) is 53.2 Å². The Kier molecular flexibility index (Phi) is 4.07. The zero-order chi connectivity index (χ0) is 13.0. The standard InChI is InChI=1S/C12H10ClN3OS/c13-8-4-3-5-9(11(8)12(14)16-17)18-10-6-1-2-7-15-10/h1-7,17H,(H2,14,16). The summed E-state index contributed by atoms with van der Waals surface area (Å²) in [4.78, 5) is 5.00. The summed E-state index contributed by atoms with van der Waals surface area (Å²) in [5.41, 5.74) is 6.14. The molecule has 0 unspecified atom stereocenters. The Morgan fingerprint density at radius 2 is 2.11 bits per heavy atom. The predicted octanol–water partition coefficient (Wildman–Crippen LogP) is 2.98. The molecule has 1 heterocycles. The zero-order valence-corrected chi connectivity index (χ0v) is 10.8. The smallest absolute Gasteiger partial charge is 0.172 e. The van der Waals surface area contributed by atoms with Crippen LogP contribution in [0.3, 0.4) is 0 Å². The highest BCUT2D eigenvalue weighted by Gasteiger charge is 2.12. The molecule has 0 saturated heterocycles. The fourth-order valence-corrected chi connectivity index (χ4v) is 2.68. The molecule has 3 N–H and O–H groups in total. The second-order valence-corrected chi connectivity index (χ2v) is 4.84. The molecule has 92 valence electrons. The van der Waals surface area contributed by atoms with E-state index in [9.17, 15) is 0 Å². The minimum absolute atomic E-state index is 0.0148. The normalized spacial score (nSPS) is 11.5. The monoisotopic (exact) mass is 279 g/mol. The summed E-state index contributed by atoms with van der Waals surface area (Å²) in [6, 6.07) is 11.0. The van der Waals surface area contributed by atoms with Crippen LogP contribution in [0.5, 0.6) is 0 Å². The Morgan fingerprint density at radius 1 is 1.28 bits per heavy atom. The molecule has 1 aromatic carbocycles. The fraction of sp³-hybridized carbons (Fsp3) is 0. The van der Waals surface area contributed by atoms with E-state index in [0.29, 0.717) is 10.6 Å². The van der Waals surface area contributed by atoms with Crippen LogP contribution in [0.15, 0.2) is 57.7 Å². The molecule has 0 atom stereocenters. The third-order valence-electron chi connectivity index (χ3n) is 2.19. The van der Waals surface area contributed by atoms with Crippen molar-refractivity contribution in [3.8, 4) is 0 Å². The van der Waals surface area contributed by atoms with Gasteiger partial charge in [-0.05, 0) is 24.3 Å². The minimum atomic E-state index is -0.0148. The fourth-order valence-electron chi connectivity index (χ4n) is 1.41. The van der Waals surface area contributed by atoms with Gasteiger partial charge in [-0.1, -0.05) is 40.7 Å². The van der Waals surface area contributed by atoms with Gasteiger partial charge < -0.3 is 10.9 Å². The Bertz CT molecular complexity index is 575. The highest BCUT2D eigenvalue weighted by Crippen LogP contribution is 2.32. The first kappa shape index (κ1) is 12.7. The van der Waals surface area contributed by atoms with E-state index >= 15 is 0 Å². The average Bonchev–Trinajstić information content (AvgIpc) is 2.39. The summed E-state index contributed by atoms with van der Waals surface area (Å²) < 4.78 is 0. The van der Waals surface area contributed by atoms with Crippen molar-refractivity contribution in [2.24, 2.45) is 10.9 Å². The summed E-state index contributed by atoms with van der Waals surface area (Å²) in [6.07, 6.45) is 1.70. The predicted molar refractivity (Wildman–Crippen MR) is 72.3 cm³/mol. The number of benzene rings is 1. The maximum atomic E-state index is 8.78. The van der Waals surface area contributed by atoms with Crippen LogP contribution in [-0.2, 0) is 0 Å². The largest absolute Gasteiger partial charge is 0.409 e. The Labute approximate surface area is 113 Å². The van der Waals surface area contributed by atoms with Crippen molar-refractivity contribution in [3.63, 3.8) is 0 Å². The molecule has 4 nitrogen and oxygen atoms in total. The van der Waals surface area contributed by atoms with Crippen molar-refractivity contribution in [2.45, 2.75) is 9.92 Å². The molecule has 0 fully saturated rings. The number of halogens is 1. The maximum Gasteiger partial charge on any atom is 0.172 e.